The fourth-order valence-corrected chi connectivity index (χ4v) is 0.763. The zero-order valence-corrected chi connectivity index (χ0v) is 8.78. The van der Waals surface area contributed by atoms with Crippen LogP contribution in [0.4, 0.5) is 0 Å². The summed E-state index contributed by atoms with van der Waals surface area (Å²) in [5.74, 6) is 0. The second kappa shape index (κ2) is 9.54. The van der Waals surface area contributed by atoms with Crippen LogP contribution in [0.1, 0.15) is 40.5 Å². The van der Waals surface area contributed by atoms with Gasteiger partial charge in [0.15, 0.2) is 0 Å². The molecule has 0 aromatic rings. The van der Waals surface area contributed by atoms with Gasteiger partial charge in [0.05, 0.1) is 0 Å². The Bertz CT molecular complexity index is 86.9. The lowest BCUT2D eigenvalue weighted by Crippen LogP contribution is -2.16. The van der Waals surface area contributed by atoms with Crippen molar-refractivity contribution < 1.29 is 0 Å². The SMILES string of the molecule is C=C(CC)N(C)CCC.CC. The molecule has 0 atom stereocenters. The van der Waals surface area contributed by atoms with Crippen LogP contribution in [0.25, 0.3) is 0 Å². The fourth-order valence-electron chi connectivity index (χ4n) is 0.763. The van der Waals surface area contributed by atoms with Crippen molar-refractivity contribution in [2.24, 2.45) is 0 Å². The summed E-state index contributed by atoms with van der Waals surface area (Å²) in [5.41, 5.74) is 1.23. The summed E-state index contributed by atoms with van der Waals surface area (Å²) in [6, 6.07) is 0. The van der Waals surface area contributed by atoms with Crippen LogP contribution in [0.15, 0.2) is 12.3 Å². The molecule has 0 rings (SSSR count). The van der Waals surface area contributed by atoms with E-state index in [0.717, 1.165) is 13.0 Å². The highest BCUT2D eigenvalue weighted by atomic mass is 15.1. The first-order valence-electron chi connectivity index (χ1n) is 4.61. The molecule has 0 fully saturated rings. The van der Waals surface area contributed by atoms with E-state index in [2.05, 4.69) is 32.4 Å². The molecule has 0 aliphatic heterocycles. The largest absolute Gasteiger partial charge is 0.378 e. The van der Waals surface area contributed by atoms with Gasteiger partial charge in [-0.15, -0.1) is 0 Å². The van der Waals surface area contributed by atoms with Crippen LogP contribution in [0.5, 0.6) is 0 Å². The smallest absolute Gasteiger partial charge is 0.0168 e. The number of nitrogens with zero attached hydrogens (tertiary/aromatic N) is 1. The normalized spacial score (nSPS) is 8.09. The second-order valence-corrected chi connectivity index (χ2v) is 2.34. The highest BCUT2D eigenvalue weighted by Crippen LogP contribution is 2.02. The van der Waals surface area contributed by atoms with Crippen molar-refractivity contribution >= 4 is 0 Å². The van der Waals surface area contributed by atoms with Gasteiger partial charge in [-0.25, -0.2) is 0 Å². The zero-order chi connectivity index (χ0) is 9.28. The third kappa shape index (κ3) is 7.44. The molecule has 0 N–H and O–H groups in total. The average Bonchev–Trinajstić information content (AvgIpc) is 2.07. The number of hydrogen-bond acceptors (Lipinski definition) is 1. The Morgan fingerprint density at radius 1 is 1.27 bits per heavy atom. The number of rotatable bonds is 4. The predicted molar refractivity (Wildman–Crippen MR) is 53.7 cm³/mol. The Morgan fingerprint density at radius 3 is 2.00 bits per heavy atom. The van der Waals surface area contributed by atoms with Crippen LogP contribution in [0, 0.1) is 0 Å². The van der Waals surface area contributed by atoms with E-state index in [4.69, 9.17) is 0 Å². The van der Waals surface area contributed by atoms with Crippen molar-refractivity contribution in [3.05, 3.63) is 12.3 Å². The molecule has 1 heteroatoms. The summed E-state index contributed by atoms with van der Waals surface area (Å²) < 4.78 is 0. The van der Waals surface area contributed by atoms with Crippen LogP contribution >= 0.6 is 0 Å². The van der Waals surface area contributed by atoms with Crippen molar-refractivity contribution in [2.45, 2.75) is 40.5 Å². The minimum absolute atomic E-state index is 1.07. The maximum Gasteiger partial charge on any atom is 0.0168 e. The first-order chi connectivity index (χ1) is 5.22. The van der Waals surface area contributed by atoms with Crippen molar-refractivity contribution in [1.82, 2.24) is 4.90 Å². The van der Waals surface area contributed by atoms with Crippen LogP contribution in [0.3, 0.4) is 0 Å². The Labute approximate surface area is 72.1 Å². The summed E-state index contributed by atoms with van der Waals surface area (Å²) in [6.45, 7) is 13.4. The van der Waals surface area contributed by atoms with Crippen LogP contribution in [0.2, 0.25) is 0 Å². The van der Waals surface area contributed by atoms with Crippen molar-refractivity contribution in [2.75, 3.05) is 13.6 Å². The lowest BCUT2D eigenvalue weighted by molar-refractivity contribution is 0.407. The van der Waals surface area contributed by atoms with Gasteiger partial charge in [-0.05, 0) is 12.8 Å². The standard InChI is InChI=1S/C8H17N.C2H6/c1-5-7-9(4)8(3)6-2;1-2/h3,5-7H2,1-2,4H3;1-2H3. The van der Waals surface area contributed by atoms with Gasteiger partial charge in [-0.2, -0.15) is 0 Å². The van der Waals surface area contributed by atoms with Gasteiger partial charge in [-0.1, -0.05) is 34.3 Å². The van der Waals surface area contributed by atoms with E-state index < -0.39 is 0 Å². The topological polar surface area (TPSA) is 3.24 Å². The molecule has 0 amide bonds. The summed E-state index contributed by atoms with van der Waals surface area (Å²) in [7, 11) is 2.09. The molecule has 0 aromatic heterocycles. The quantitative estimate of drug-likeness (QED) is 0.605. The summed E-state index contributed by atoms with van der Waals surface area (Å²) in [6.07, 6.45) is 2.27. The van der Waals surface area contributed by atoms with E-state index in [1.54, 1.807) is 0 Å². The lowest BCUT2D eigenvalue weighted by Gasteiger charge is -2.19. The monoisotopic (exact) mass is 157 g/mol. The van der Waals surface area contributed by atoms with Crippen molar-refractivity contribution in [1.29, 1.82) is 0 Å². The number of hydrogen-bond donors (Lipinski definition) is 0. The minimum Gasteiger partial charge on any atom is -0.378 e. The molecule has 68 valence electrons. The van der Waals surface area contributed by atoms with Gasteiger partial charge in [0, 0.05) is 19.3 Å². The minimum atomic E-state index is 1.07. The highest BCUT2D eigenvalue weighted by Gasteiger charge is 1.94. The van der Waals surface area contributed by atoms with Gasteiger partial charge in [0.2, 0.25) is 0 Å². The molecule has 0 saturated heterocycles. The van der Waals surface area contributed by atoms with E-state index in [1.165, 1.54) is 12.1 Å². The highest BCUT2D eigenvalue weighted by molar-refractivity contribution is 4.89. The van der Waals surface area contributed by atoms with E-state index in [9.17, 15) is 0 Å². The third-order valence-electron chi connectivity index (χ3n) is 1.51. The molecule has 0 saturated carbocycles. The molecular weight excluding hydrogens is 134 g/mol. The molecule has 0 unspecified atom stereocenters. The van der Waals surface area contributed by atoms with E-state index >= 15 is 0 Å². The average molecular weight is 157 g/mol. The number of allylic oxidation sites excluding steroid dienone is 1. The van der Waals surface area contributed by atoms with Gasteiger partial charge in [-0.3, -0.25) is 0 Å². The maximum atomic E-state index is 3.92. The van der Waals surface area contributed by atoms with Crippen molar-refractivity contribution in [3.63, 3.8) is 0 Å². The Kier molecular flexibility index (Phi) is 11.4. The Hall–Kier alpha value is -0.460. The summed E-state index contributed by atoms with van der Waals surface area (Å²) in [5, 5.41) is 0. The van der Waals surface area contributed by atoms with Crippen LogP contribution in [-0.2, 0) is 0 Å². The molecule has 0 radical (unpaired) electrons. The predicted octanol–water partition coefficient (Wildman–Crippen LogP) is 3.28. The van der Waals surface area contributed by atoms with E-state index in [0.29, 0.717) is 0 Å². The summed E-state index contributed by atoms with van der Waals surface area (Å²) >= 11 is 0. The molecular formula is C10H23N. The molecule has 0 bridgehead atoms. The molecule has 1 nitrogen and oxygen atoms in total. The van der Waals surface area contributed by atoms with Gasteiger partial charge in [0.25, 0.3) is 0 Å². The van der Waals surface area contributed by atoms with Crippen LogP contribution in [-0.4, -0.2) is 18.5 Å². The van der Waals surface area contributed by atoms with Crippen molar-refractivity contribution in [3.8, 4) is 0 Å². The molecule has 0 heterocycles. The Balaban J connectivity index is 0. The van der Waals surface area contributed by atoms with E-state index in [-0.39, 0.29) is 0 Å². The van der Waals surface area contributed by atoms with Gasteiger partial charge < -0.3 is 4.90 Å². The lowest BCUT2D eigenvalue weighted by atomic mass is 10.3. The second-order valence-electron chi connectivity index (χ2n) is 2.34. The molecule has 0 spiro atoms. The molecule has 0 aliphatic rings. The third-order valence-corrected chi connectivity index (χ3v) is 1.51. The Morgan fingerprint density at radius 2 is 1.73 bits per heavy atom. The summed E-state index contributed by atoms with van der Waals surface area (Å²) in [4.78, 5) is 2.21. The zero-order valence-electron chi connectivity index (χ0n) is 8.78. The van der Waals surface area contributed by atoms with E-state index in [1.807, 2.05) is 13.8 Å². The maximum absolute atomic E-state index is 3.92. The molecule has 0 aromatic carbocycles. The first kappa shape index (κ1) is 13.2. The molecule has 0 aliphatic carbocycles. The van der Waals surface area contributed by atoms with Gasteiger partial charge >= 0.3 is 0 Å². The first-order valence-corrected chi connectivity index (χ1v) is 4.61. The fraction of sp³-hybridized carbons (Fsp3) is 0.800. The van der Waals surface area contributed by atoms with Crippen LogP contribution < -0.4 is 0 Å². The molecule has 11 heavy (non-hydrogen) atoms. The van der Waals surface area contributed by atoms with Gasteiger partial charge in [0.1, 0.15) is 0 Å².